The molecule has 1 saturated heterocycles. The molecule has 0 radical (unpaired) electrons. The Labute approximate surface area is 99.2 Å². The van der Waals surface area contributed by atoms with Crippen LogP contribution in [-0.4, -0.2) is 19.8 Å². The van der Waals surface area contributed by atoms with Crippen molar-refractivity contribution in [1.82, 2.24) is 0 Å². The van der Waals surface area contributed by atoms with Crippen LogP contribution < -0.4 is 5.46 Å². The van der Waals surface area contributed by atoms with Crippen molar-refractivity contribution < 1.29 is 9.31 Å². The smallest absolute Gasteiger partial charge is 0.405 e. The molecule has 1 aliphatic heterocycles. The van der Waals surface area contributed by atoms with Gasteiger partial charge in [-0.15, -0.1) is 0 Å². The first-order valence-electron chi connectivity index (χ1n) is 5.25. The molecule has 0 spiro atoms. The summed E-state index contributed by atoms with van der Waals surface area (Å²) in [7, 11) is -0.167. The van der Waals surface area contributed by atoms with Crippen LogP contribution >= 0.6 is 15.9 Å². The Balaban J connectivity index is 2.04. The van der Waals surface area contributed by atoms with E-state index in [2.05, 4.69) is 47.1 Å². The normalized spacial score (nSPS) is 20.9. The second-order valence-corrected chi connectivity index (χ2v) is 4.27. The van der Waals surface area contributed by atoms with Crippen molar-refractivity contribution in [3.05, 3.63) is 29.8 Å². The van der Waals surface area contributed by atoms with Gasteiger partial charge in [-0.3, -0.25) is 0 Å². The number of halogens is 1. The molecule has 4 heteroatoms. The molecule has 1 heterocycles. The van der Waals surface area contributed by atoms with Crippen molar-refractivity contribution in [3.8, 4) is 0 Å². The maximum Gasteiger partial charge on any atom is 0.494 e. The molecule has 2 nitrogen and oxygen atoms in total. The van der Waals surface area contributed by atoms with Crippen molar-refractivity contribution in [2.24, 2.45) is 0 Å². The summed E-state index contributed by atoms with van der Waals surface area (Å²) >= 11 is 3.42. The molecule has 1 atom stereocenters. The van der Waals surface area contributed by atoms with Gasteiger partial charge in [-0.05, 0) is 17.4 Å². The zero-order chi connectivity index (χ0) is 10.7. The van der Waals surface area contributed by atoms with E-state index < -0.39 is 0 Å². The standard InChI is InChI=1S/C11H14BBrO2/c1-2-11-8-14-12(15-11)10-5-3-9(7-13)4-6-10/h3-6,11H,2,7-8H2,1H3. The highest BCUT2D eigenvalue weighted by Crippen LogP contribution is 2.12. The van der Waals surface area contributed by atoms with E-state index in [1.54, 1.807) is 0 Å². The molecule has 2 rings (SSSR count). The molecule has 0 saturated carbocycles. The number of hydrogen-bond donors (Lipinski definition) is 0. The monoisotopic (exact) mass is 268 g/mol. The van der Waals surface area contributed by atoms with Crippen LogP contribution in [-0.2, 0) is 14.6 Å². The molecule has 1 fully saturated rings. The molecule has 1 aliphatic rings. The zero-order valence-corrected chi connectivity index (χ0v) is 10.4. The van der Waals surface area contributed by atoms with Crippen molar-refractivity contribution in [3.63, 3.8) is 0 Å². The van der Waals surface area contributed by atoms with E-state index >= 15 is 0 Å². The first-order chi connectivity index (χ1) is 7.33. The van der Waals surface area contributed by atoms with Crippen LogP contribution in [0.2, 0.25) is 0 Å². The Morgan fingerprint density at radius 1 is 1.40 bits per heavy atom. The second-order valence-electron chi connectivity index (χ2n) is 3.71. The molecule has 1 aromatic carbocycles. The lowest BCUT2D eigenvalue weighted by Crippen LogP contribution is -2.32. The highest BCUT2D eigenvalue weighted by atomic mass is 79.9. The van der Waals surface area contributed by atoms with E-state index in [-0.39, 0.29) is 13.2 Å². The van der Waals surface area contributed by atoms with Gasteiger partial charge in [0, 0.05) is 5.33 Å². The van der Waals surface area contributed by atoms with E-state index in [4.69, 9.17) is 9.31 Å². The van der Waals surface area contributed by atoms with Gasteiger partial charge in [0.15, 0.2) is 0 Å². The molecule has 1 unspecified atom stereocenters. The Hall–Kier alpha value is -0.315. The van der Waals surface area contributed by atoms with Crippen LogP contribution in [0.4, 0.5) is 0 Å². The van der Waals surface area contributed by atoms with Gasteiger partial charge in [0.2, 0.25) is 0 Å². The molecule has 0 aliphatic carbocycles. The highest BCUT2D eigenvalue weighted by Gasteiger charge is 2.31. The molecular formula is C11H14BBrO2. The Bertz CT molecular complexity index is 315. The van der Waals surface area contributed by atoms with Gasteiger partial charge in [0.05, 0.1) is 12.7 Å². The minimum atomic E-state index is -0.167. The maximum absolute atomic E-state index is 5.74. The largest absolute Gasteiger partial charge is 0.494 e. The van der Waals surface area contributed by atoms with Crippen LogP contribution in [0.3, 0.4) is 0 Å². The summed E-state index contributed by atoms with van der Waals surface area (Å²) in [5, 5.41) is 0.886. The third kappa shape index (κ3) is 2.62. The summed E-state index contributed by atoms with van der Waals surface area (Å²) in [4.78, 5) is 0. The molecule has 1 aromatic rings. The van der Waals surface area contributed by atoms with Crippen molar-refractivity contribution >= 4 is 28.5 Å². The first-order valence-corrected chi connectivity index (χ1v) is 6.37. The number of rotatable bonds is 3. The average molecular weight is 269 g/mol. The molecule has 0 amide bonds. The van der Waals surface area contributed by atoms with Gasteiger partial charge in [-0.25, -0.2) is 0 Å². The number of benzene rings is 1. The first kappa shape index (κ1) is 11.2. The van der Waals surface area contributed by atoms with Gasteiger partial charge >= 0.3 is 7.12 Å². The Morgan fingerprint density at radius 3 is 2.67 bits per heavy atom. The summed E-state index contributed by atoms with van der Waals surface area (Å²) in [5.74, 6) is 0. The van der Waals surface area contributed by atoms with Crippen LogP contribution in [0.5, 0.6) is 0 Å². The van der Waals surface area contributed by atoms with Crippen molar-refractivity contribution in [2.75, 3.05) is 6.61 Å². The third-order valence-electron chi connectivity index (χ3n) is 2.61. The molecule has 0 N–H and O–H groups in total. The summed E-state index contributed by atoms with van der Waals surface area (Å²) in [5.41, 5.74) is 2.37. The van der Waals surface area contributed by atoms with Gasteiger partial charge < -0.3 is 9.31 Å². The predicted octanol–water partition coefficient (Wildman–Crippen LogP) is 2.10. The topological polar surface area (TPSA) is 18.5 Å². The van der Waals surface area contributed by atoms with Gasteiger partial charge in [0.1, 0.15) is 0 Å². The highest BCUT2D eigenvalue weighted by molar-refractivity contribution is 9.08. The van der Waals surface area contributed by atoms with Gasteiger partial charge in [-0.2, -0.15) is 0 Å². The van der Waals surface area contributed by atoms with E-state index in [0.717, 1.165) is 17.2 Å². The van der Waals surface area contributed by atoms with E-state index in [0.29, 0.717) is 6.61 Å². The van der Waals surface area contributed by atoms with Crippen LogP contribution in [0.1, 0.15) is 18.9 Å². The molecule has 15 heavy (non-hydrogen) atoms. The lowest BCUT2D eigenvalue weighted by molar-refractivity contribution is 0.230. The second kappa shape index (κ2) is 5.15. The van der Waals surface area contributed by atoms with Crippen LogP contribution in [0.15, 0.2) is 24.3 Å². The summed E-state index contributed by atoms with van der Waals surface area (Å²) < 4.78 is 11.3. The molecule has 80 valence electrons. The SMILES string of the molecule is CCC1COB(c2ccc(CBr)cc2)O1. The maximum atomic E-state index is 5.74. The molecular weight excluding hydrogens is 255 g/mol. The van der Waals surface area contributed by atoms with E-state index in [9.17, 15) is 0 Å². The van der Waals surface area contributed by atoms with E-state index in [1.807, 2.05) is 0 Å². The number of hydrogen-bond acceptors (Lipinski definition) is 2. The van der Waals surface area contributed by atoms with Crippen LogP contribution in [0.25, 0.3) is 0 Å². The third-order valence-corrected chi connectivity index (χ3v) is 3.26. The lowest BCUT2D eigenvalue weighted by Gasteiger charge is -2.06. The quantitative estimate of drug-likeness (QED) is 0.618. The van der Waals surface area contributed by atoms with Crippen LogP contribution in [0, 0.1) is 0 Å². The Kier molecular flexibility index (Phi) is 3.84. The summed E-state index contributed by atoms with van der Waals surface area (Å²) in [6, 6.07) is 8.32. The fourth-order valence-corrected chi connectivity index (χ4v) is 1.97. The zero-order valence-electron chi connectivity index (χ0n) is 8.78. The summed E-state index contributed by atoms with van der Waals surface area (Å²) in [6.07, 6.45) is 1.27. The summed E-state index contributed by atoms with van der Waals surface area (Å²) in [6.45, 7) is 2.83. The molecule has 0 bridgehead atoms. The fraction of sp³-hybridized carbons (Fsp3) is 0.455. The number of alkyl halides is 1. The van der Waals surface area contributed by atoms with E-state index in [1.165, 1.54) is 5.56 Å². The Morgan fingerprint density at radius 2 is 2.13 bits per heavy atom. The average Bonchev–Trinajstić information content (AvgIpc) is 2.78. The fourth-order valence-electron chi connectivity index (χ4n) is 1.60. The van der Waals surface area contributed by atoms with Gasteiger partial charge in [-0.1, -0.05) is 47.1 Å². The predicted molar refractivity (Wildman–Crippen MR) is 65.6 cm³/mol. The van der Waals surface area contributed by atoms with Crippen molar-refractivity contribution in [2.45, 2.75) is 24.8 Å². The van der Waals surface area contributed by atoms with Gasteiger partial charge in [0.25, 0.3) is 0 Å². The minimum Gasteiger partial charge on any atom is -0.405 e. The molecule has 0 aromatic heterocycles. The van der Waals surface area contributed by atoms with Crippen molar-refractivity contribution in [1.29, 1.82) is 0 Å². The minimum absolute atomic E-state index is 0.167. The lowest BCUT2D eigenvalue weighted by atomic mass is 9.79.